The Morgan fingerprint density at radius 3 is 2.65 bits per heavy atom. The molecule has 17 heavy (non-hydrogen) atoms. The fraction of sp³-hybridized carbons (Fsp3) is 0.154. The zero-order chi connectivity index (χ0) is 12.4. The molecular formula is C13H10F2O2. The average Bonchev–Trinajstić information content (AvgIpc) is 2.26. The molecule has 0 saturated carbocycles. The van der Waals surface area contributed by atoms with Crippen molar-refractivity contribution in [2.45, 2.75) is 12.8 Å². The van der Waals surface area contributed by atoms with Gasteiger partial charge >= 0.3 is 5.97 Å². The van der Waals surface area contributed by atoms with E-state index in [2.05, 4.69) is 0 Å². The number of aliphatic carboxylic acids is 1. The summed E-state index contributed by atoms with van der Waals surface area (Å²) < 4.78 is 25.4. The van der Waals surface area contributed by atoms with Gasteiger partial charge in [0.15, 0.2) is 0 Å². The minimum Gasteiger partial charge on any atom is -0.481 e. The fourth-order valence-electron chi connectivity index (χ4n) is 1.83. The predicted octanol–water partition coefficient (Wildman–Crippen LogP) is 3.40. The molecule has 1 N–H and O–H groups in total. The predicted molar refractivity (Wildman–Crippen MR) is 60.2 cm³/mol. The lowest BCUT2D eigenvalue weighted by Gasteiger charge is -2.06. The highest BCUT2D eigenvalue weighted by molar-refractivity contribution is 5.87. The van der Waals surface area contributed by atoms with Gasteiger partial charge in [-0.25, -0.2) is 8.78 Å². The normalized spacial score (nSPS) is 11.0. The van der Waals surface area contributed by atoms with Gasteiger partial charge in [-0.2, -0.15) is 0 Å². The molecule has 0 fully saturated rings. The molecule has 2 nitrogen and oxygen atoms in total. The maximum Gasteiger partial charge on any atom is 0.307 e. The molecular weight excluding hydrogens is 226 g/mol. The molecule has 0 aliphatic carbocycles. The number of rotatable bonds is 3. The van der Waals surface area contributed by atoms with E-state index >= 15 is 0 Å². The number of halogens is 2. The Labute approximate surface area is 96.5 Å². The third-order valence-corrected chi connectivity index (χ3v) is 2.57. The summed E-state index contributed by atoms with van der Waals surface area (Å²) in [6.45, 7) is 0. The van der Waals surface area contributed by atoms with Crippen molar-refractivity contribution >= 4 is 16.7 Å². The summed E-state index contributed by atoms with van der Waals surface area (Å²) >= 11 is 0. The van der Waals surface area contributed by atoms with Crippen LogP contribution in [0, 0.1) is 0 Å². The Kier molecular flexibility index (Phi) is 3.04. The monoisotopic (exact) mass is 236 g/mol. The summed E-state index contributed by atoms with van der Waals surface area (Å²) in [5.74, 6) is -0.936. The molecule has 2 aromatic carbocycles. The number of carbonyl (C=O) groups is 1. The first kappa shape index (κ1) is 11.5. The van der Waals surface area contributed by atoms with Crippen molar-refractivity contribution in [3.63, 3.8) is 0 Å². The third-order valence-electron chi connectivity index (χ3n) is 2.57. The van der Waals surface area contributed by atoms with Gasteiger partial charge in [-0.05, 0) is 16.3 Å². The van der Waals surface area contributed by atoms with Gasteiger partial charge in [-0.1, -0.05) is 36.4 Å². The van der Waals surface area contributed by atoms with Crippen molar-refractivity contribution < 1.29 is 18.7 Å². The molecule has 0 aliphatic rings. The van der Waals surface area contributed by atoms with Gasteiger partial charge < -0.3 is 5.11 Å². The van der Waals surface area contributed by atoms with Crippen molar-refractivity contribution in [1.82, 2.24) is 0 Å². The maximum atomic E-state index is 12.7. The lowest BCUT2D eigenvalue weighted by Crippen LogP contribution is -1.99. The van der Waals surface area contributed by atoms with Crippen molar-refractivity contribution in [2.75, 3.05) is 0 Å². The topological polar surface area (TPSA) is 37.3 Å². The van der Waals surface area contributed by atoms with E-state index < -0.39 is 12.4 Å². The van der Waals surface area contributed by atoms with Crippen LogP contribution in [-0.4, -0.2) is 11.1 Å². The van der Waals surface area contributed by atoms with Crippen molar-refractivity contribution in [3.05, 3.63) is 47.5 Å². The van der Waals surface area contributed by atoms with E-state index in [1.807, 2.05) is 0 Å². The van der Waals surface area contributed by atoms with Crippen molar-refractivity contribution in [1.29, 1.82) is 0 Å². The summed E-state index contributed by atoms with van der Waals surface area (Å²) in [7, 11) is 0. The molecule has 0 bridgehead atoms. The summed E-state index contributed by atoms with van der Waals surface area (Å²) in [4.78, 5) is 10.6. The molecule has 88 valence electrons. The van der Waals surface area contributed by atoms with E-state index in [1.165, 1.54) is 6.07 Å². The maximum absolute atomic E-state index is 12.7. The standard InChI is InChI=1S/C13H10F2O2/c14-13(15)11-3-1-2-9-6-8(7-12(16)17)4-5-10(9)11/h1-6,13H,7H2,(H,16,17). The van der Waals surface area contributed by atoms with Crippen molar-refractivity contribution in [3.8, 4) is 0 Å². The van der Waals surface area contributed by atoms with Crippen LogP contribution in [0.15, 0.2) is 36.4 Å². The largest absolute Gasteiger partial charge is 0.481 e. The zero-order valence-corrected chi connectivity index (χ0v) is 8.86. The smallest absolute Gasteiger partial charge is 0.307 e. The van der Waals surface area contributed by atoms with E-state index in [4.69, 9.17) is 5.11 Å². The van der Waals surface area contributed by atoms with Gasteiger partial charge in [0.05, 0.1) is 6.42 Å². The molecule has 2 rings (SSSR count). The number of hydrogen-bond donors (Lipinski definition) is 1. The quantitative estimate of drug-likeness (QED) is 0.886. The minimum absolute atomic E-state index is 0.0237. The van der Waals surface area contributed by atoms with Crippen molar-refractivity contribution in [2.24, 2.45) is 0 Å². The Morgan fingerprint density at radius 1 is 1.24 bits per heavy atom. The van der Waals surface area contributed by atoms with E-state index in [9.17, 15) is 13.6 Å². The van der Waals surface area contributed by atoms with E-state index in [1.54, 1.807) is 30.3 Å². The number of fused-ring (bicyclic) bond motifs is 1. The van der Waals surface area contributed by atoms with Crippen LogP contribution in [0.25, 0.3) is 10.8 Å². The van der Waals surface area contributed by atoms with Gasteiger partial charge in [-0.15, -0.1) is 0 Å². The third kappa shape index (κ3) is 2.41. The zero-order valence-electron chi connectivity index (χ0n) is 8.86. The average molecular weight is 236 g/mol. The lowest BCUT2D eigenvalue weighted by atomic mass is 10.0. The molecule has 0 unspecified atom stereocenters. The van der Waals surface area contributed by atoms with Crippen LogP contribution in [0.4, 0.5) is 8.78 Å². The van der Waals surface area contributed by atoms with Gasteiger partial charge in [-0.3, -0.25) is 4.79 Å². The molecule has 0 saturated heterocycles. The van der Waals surface area contributed by atoms with E-state index in [0.29, 0.717) is 16.3 Å². The first-order chi connectivity index (χ1) is 8.08. The summed E-state index contributed by atoms with van der Waals surface area (Å²) in [5.41, 5.74) is 0.584. The molecule has 0 amide bonds. The number of alkyl halides is 2. The van der Waals surface area contributed by atoms with Crippen LogP contribution in [0.5, 0.6) is 0 Å². The Bertz CT molecular complexity index is 564. The second kappa shape index (κ2) is 4.49. The van der Waals surface area contributed by atoms with Gasteiger partial charge in [0.2, 0.25) is 0 Å². The van der Waals surface area contributed by atoms with Crippen LogP contribution in [-0.2, 0) is 11.2 Å². The van der Waals surface area contributed by atoms with Crippen LogP contribution in [0.2, 0.25) is 0 Å². The van der Waals surface area contributed by atoms with Crippen LogP contribution >= 0.6 is 0 Å². The van der Waals surface area contributed by atoms with Gasteiger partial charge in [0, 0.05) is 5.56 Å². The molecule has 0 atom stereocenters. The van der Waals surface area contributed by atoms with Crippen LogP contribution in [0.3, 0.4) is 0 Å². The van der Waals surface area contributed by atoms with Gasteiger partial charge in [0.1, 0.15) is 0 Å². The highest BCUT2D eigenvalue weighted by atomic mass is 19.3. The molecule has 2 aromatic rings. The number of benzene rings is 2. The molecule has 4 heteroatoms. The van der Waals surface area contributed by atoms with E-state index in [0.717, 1.165) is 0 Å². The van der Waals surface area contributed by atoms with E-state index in [-0.39, 0.29) is 12.0 Å². The SMILES string of the molecule is O=C(O)Cc1ccc2c(C(F)F)cccc2c1. The Hall–Kier alpha value is -1.97. The number of hydrogen-bond acceptors (Lipinski definition) is 1. The second-order valence-corrected chi connectivity index (χ2v) is 3.77. The molecule has 0 heterocycles. The first-order valence-corrected chi connectivity index (χ1v) is 5.09. The molecule has 0 aromatic heterocycles. The lowest BCUT2D eigenvalue weighted by molar-refractivity contribution is -0.136. The minimum atomic E-state index is -2.52. The highest BCUT2D eigenvalue weighted by Gasteiger charge is 2.11. The molecule has 0 aliphatic heterocycles. The van der Waals surface area contributed by atoms with Gasteiger partial charge in [0.25, 0.3) is 6.43 Å². The van der Waals surface area contributed by atoms with Crippen LogP contribution < -0.4 is 0 Å². The molecule has 0 radical (unpaired) electrons. The summed E-state index contributed by atoms with van der Waals surface area (Å²) in [5, 5.41) is 9.77. The Morgan fingerprint density at radius 2 is 2.00 bits per heavy atom. The Balaban J connectivity index is 2.53. The summed E-state index contributed by atoms with van der Waals surface area (Å²) in [6, 6.07) is 9.39. The number of carboxylic acid groups (broad SMARTS) is 1. The highest BCUT2D eigenvalue weighted by Crippen LogP contribution is 2.28. The summed E-state index contributed by atoms with van der Waals surface area (Å²) in [6.07, 6.45) is -2.63. The second-order valence-electron chi connectivity index (χ2n) is 3.77. The molecule has 0 spiro atoms. The first-order valence-electron chi connectivity index (χ1n) is 5.09. The van der Waals surface area contributed by atoms with Crippen LogP contribution in [0.1, 0.15) is 17.6 Å². The fourth-order valence-corrected chi connectivity index (χ4v) is 1.83. The number of carboxylic acids is 1.